The molecule has 8 nitrogen and oxygen atoms in total. The van der Waals surface area contributed by atoms with Crippen molar-refractivity contribution in [2.45, 2.75) is 13.5 Å². The molecule has 29 heavy (non-hydrogen) atoms. The predicted octanol–water partition coefficient (Wildman–Crippen LogP) is 3.43. The first-order chi connectivity index (χ1) is 14.1. The van der Waals surface area contributed by atoms with Crippen molar-refractivity contribution in [3.05, 3.63) is 58.9 Å². The number of ether oxygens (including phenoxy) is 1. The molecule has 0 amide bonds. The van der Waals surface area contributed by atoms with E-state index in [0.29, 0.717) is 35.1 Å². The van der Waals surface area contributed by atoms with Gasteiger partial charge in [0.15, 0.2) is 5.82 Å². The van der Waals surface area contributed by atoms with Crippen molar-refractivity contribution >= 4 is 11.3 Å². The highest BCUT2D eigenvalue weighted by molar-refractivity contribution is 7.14. The lowest BCUT2D eigenvalue weighted by Crippen LogP contribution is -2.01. The summed E-state index contributed by atoms with van der Waals surface area (Å²) in [5, 5.41) is 14.6. The number of benzene rings is 1. The zero-order chi connectivity index (χ0) is 20.4. The van der Waals surface area contributed by atoms with Crippen LogP contribution in [0.4, 0.5) is 0 Å². The number of nitrogens with two attached hydrogens (primary N) is 1. The van der Waals surface area contributed by atoms with E-state index in [1.54, 1.807) is 53.7 Å². The lowest BCUT2D eigenvalue weighted by Gasteiger charge is -2.11. The summed E-state index contributed by atoms with van der Waals surface area (Å²) in [6.45, 7) is 2.36. The Morgan fingerprint density at radius 3 is 2.62 bits per heavy atom. The molecule has 2 N–H and O–H groups in total. The van der Waals surface area contributed by atoms with E-state index in [-0.39, 0.29) is 0 Å². The van der Waals surface area contributed by atoms with Crippen molar-refractivity contribution in [1.29, 1.82) is 5.26 Å². The van der Waals surface area contributed by atoms with E-state index in [1.807, 2.05) is 19.2 Å². The fourth-order valence-electron chi connectivity index (χ4n) is 2.70. The van der Waals surface area contributed by atoms with Gasteiger partial charge in [0.1, 0.15) is 16.5 Å². The summed E-state index contributed by atoms with van der Waals surface area (Å²) in [5.74, 6) is 1.47. The van der Waals surface area contributed by atoms with Gasteiger partial charge < -0.3 is 10.5 Å². The first-order valence-corrected chi connectivity index (χ1v) is 9.59. The van der Waals surface area contributed by atoms with Gasteiger partial charge >= 0.3 is 0 Å². The third-order valence-corrected chi connectivity index (χ3v) is 5.12. The molecule has 0 saturated heterocycles. The van der Waals surface area contributed by atoms with Gasteiger partial charge in [0.25, 0.3) is 0 Å². The van der Waals surface area contributed by atoms with Gasteiger partial charge in [0.2, 0.25) is 5.88 Å². The lowest BCUT2D eigenvalue weighted by atomic mass is 10.1. The molecule has 0 unspecified atom stereocenters. The van der Waals surface area contributed by atoms with Crippen LogP contribution in [0.25, 0.3) is 22.1 Å². The summed E-state index contributed by atoms with van der Waals surface area (Å²) >= 11 is 1.56. The quantitative estimate of drug-likeness (QED) is 0.543. The summed E-state index contributed by atoms with van der Waals surface area (Å²) in [7, 11) is 1.79. The molecule has 0 atom stereocenters. The second-order valence-electron chi connectivity index (χ2n) is 6.31. The Labute approximate surface area is 171 Å². The zero-order valence-corrected chi connectivity index (χ0v) is 16.6. The van der Waals surface area contributed by atoms with E-state index >= 15 is 0 Å². The van der Waals surface area contributed by atoms with Crippen molar-refractivity contribution in [2.24, 2.45) is 12.8 Å². The highest BCUT2D eigenvalue weighted by Gasteiger charge is 2.16. The molecule has 9 heteroatoms. The summed E-state index contributed by atoms with van der Waals surface area (Å²) in [6.07, 6.45) is 5.17. The first kappa shape index (κ1) is 18.7. The number of thiazole rings is 1. The van der Waals surface area contributed by atoms with E-state index < -0.39 is 0 Å². The molecule has 3 heterocycles. The van der Waals surface area contributed by atoms with Gasteiger partial charge in [-0.3, -0.25) is 0 Å². The van der Waals surface area contributed by atoms with Crippen LogP contribution in [0.3, 0.4) is 0 Å². The van der Waals surface area contributed by atoms with Gasteiger partial charge in [0, 0.05) is 48.7 Å². The van der Waals surface area contributed by atoms with Crippen LogP contribution in [-0.2, 0) is 13.6 Å². The number of rotatable bonds is 5. The van der Waals surface area contributed by atoms with Crippen LogP contribution < -0.4 is 10.5 Å². The maximum absolute atomic E-state index is 9.29. The van der Waals surface area contributed by atoms with Gasteiger partial charge in [-0.05, 0) is 25.1 Å². The summed E-state index contributed by atoms with van der Waals surface area (Å²) in [6, 6.07) is 9.09. The molecule has 0 radical (unpaired) electrons. The highest BCUT2D eigenvalue weighted by Crippen LogP contribution is 2.34. The molecule has 1 aromatic carbocycles. The highest BCUT2D eigenvalue weighted by atomic mass is 32.1. The Morgan fingerprint density at radius 2 is 1.97 bits per heavy atom. The molecular weight excluding hydrogens is 386 g/mol. The Morgan fingerprint density at radius 1 is 1.17 bits per heavy atom. The Kier molecular flexibility index (Phi) is 5.03. The van der Waals surface area contributed by atoms with E-state index in [9.17, 15) is 5.26 Å². The van der Waals surface area contributed by atoms with Gasteiger partial charge in [-0.25, -0.2) is 19.6 Å². The molecule has 0 fully saturated rings. The van der Waals surface area contributed by atoms with Crippen molar-refractivity contribution < 1.29 is 4.74 Å². The minimum Gasteiger partial charge on any atom is -0.438 e. The third kappa shape index (κ3) is 3.85. The van der Waals surface area contributed by atoms with Crippen LogP contribution in [-0.4, -0.2) is 24.7 Å². The van der Waals surface area contributed by atoms with Crippen LogP contribution >= 0.6 is 11.3 Å². The SMILES string of the molecule is Cc1cnc(-c2cc(Oc3cc(C#N)ccc3-c3ncc(CN)cn3)n(C)n2)s1. The maximum atomic E-state index is 9.29. The molecule has 0 aliphatic carbocycles. The lowest BCUT2D eigenvalue weighted by molar-refractivity contribution is 0.432. The van der Waals surface area contributed by atoms with Crippen molar-refractivity contribution in [2.75, 3.05) is 0 Å². The number of hydrogen-bond acceptors (Lipinski definition) is 8. The van der Waals surface area contributed by atoms with Crippen molar-refractivity contribution in [3.63, 3.8) is 0 Å². The fraction of sp³-hybridized carbons (Fsp3) is 0.150. The summed E-state index contributed by atoms with van der Waals surface area (Å²) < 4.78 is 7.76. The number of aryl methyl sites for hydroxylation is 2. The molecule has 144 valence electrons. The second-order valence-corrected chi connectivity index (χ2v) is 7.55. The molecule has 0 aliphatic rings. The van der Waals surface area contributed by atoms with Crippen LogP contribution in [0.5, 0.6) is 11.6 Å². The molecule has 3 aromatic heterocycles. The topological polar surface area (TPSA) is 116 Å². The predicted molar refractivity (Wildman–Crippen MR) is 109 cm³/mol. The average molecular weight is 403 g/mol. The molecule has 0 saturated carbocycles. The van der Waals surface area contributed by atoms with E-state index in [4.69, 9.17) is 10.5 Å². The van der Waals surface area contributed by atoms with E-state index in [2.05, 4.69) is 26.1 Å². The Hall–Kier alpha value is -3.61. The van der Waals surface area contributed by atoms with Crippen molar-refractivity contribution in [3.8, 4) is 39.8 Å². The second kappa shape index (κ2) is 7.79. The molecule has 0 bridgehead atoms. The summed E-state index contributed by atoms with van der Waals surface area (Å²) in [4.78, 5) is 14.2. The van der Waals surface area contributed by atoms with Gasteiger partial charge in [0.05, 0.1) is 17.2 Å². The fourth-order valence-corrected chi connectivity index (χ4v) is 3.42. The first-order valence-electron chi connectivity index (χ1n) is 8.77. The van der Waals surface area contributed by atoms with Crippen LogP contribution in [0.2, 0.25) is 0 Å². The molecule has 4 aromatic rings. The largest absolute Gasteiger partial charge is 0.438 e. The minimum absolute atomic E-state index is 0.366. The zero-order valence-electron chi connectivity index (χ0n) is 15.8. The van der Waals surface area contributed by atoms with Gasteiger partial charge in [-0.2, -0.15) is 10.4 Å². The van der Waals surface area contributed by atoms with Gasteiger partial charge in [-0.15, -0.1) is 11.3 Å². The van der Waals surface area contributed by atoms with E-state index in [0.717, 1.165) is 21.1 Å². The smallest absolute Gasteiger partial charge is 0.218 e. The number of hydrogen-bond donors (Lipinski definition) is 1. The number of aromatic nitrogens is 5. The van der Waals surface area contributed by atoms with Crippen LogP contribution in [0.1, 0.15) is 16.0 Å². The van der Waals surface area contributed by atoms with Crippen LogP contribution in [0, 0.1) is 18.3 Å². The monoisotopic (exact) mass is 403 g/mol. The van der Waals surface area contributed by atoms with Crippen molar-refractivity contribution in [1.82, 2.24) is 24.7 Å². The summed E-state index contributed by atoms with van der Waals surface area (Å²) in [5.41, 5.74) is 8.32. The Bertz CT molecular complexity index is 1200. The molecule has 0 spiro atoms. The number of nitriles is 1. The third-order valence-electron chi connectivity index (χ3n) is 4.18. The molecule has 4 rings (SSSR count). The molecular formula is C20H17N7OS. The maximum Gasteiger partial charge on any atom is 0.218 e. The number of nitrogens with zero attached hydrogens (tertiary/aromatic N) is 6. The minimum atomic E-state index is 0.366. The standard InChI is InChI=1S/C20H17N7OS/c1-12-9-25-20(29-12)16-6-18(27(2)26-16)28-17-5-13(7-21)3-4-15(17)19-23-10-14(8-22)11-24-19/h3-6,9-11H,8,22H2,1-2H3. The average Bonchev–Trinajstić information content (AvgIpc) is 3.34. The van der Waals surface area contributed by atoms with Crippen LogP contribution in [0.15, 0.2) is 42.9 Å². The Balaban J connectivity index is 1.72. The van der Waals surface area contributed by atoms with E-state index in [1.165, 1.54) is 0 Å². The molecule has 0 aliphatic heterocycles. The van der Waals surface area contributed by atoms with Gasteiger partial charge in [-0.1, -0.05) is 0 Å². The normalized spacial score (nSPS) is 10.7.